The van der Waals surface area contributed by atoms with Crippen LogP contribution in [0.15, 0.2) is 0 Å². The molecule has 0 aromatic heterocycles. The second-order valence-corrected chi connectivity index (χ2v) is 16.2. The van der Waals surface area contributed by atoms with Gasteiger partial charge in [-0.3, -0.25) is 9.13 Å². The van der Waals surface area contributed by atoms with Crippen LogP contribution in [0.4, 0.5) is 0 Å². The Bertz CT molecular complexity index is 620. The van der Waals surface area contributed by atoms with Crippen molar-refractivity contribution in [3.05, 3.63) is 0 Å². The summed E-state index contributed by atoms with van der Waals surface area (Å²) < 4.78 is 18.5. The summed E-state index contributed by atoms with van der Waals surface area (Å²) in [6.45, 7) is 4.86. The van der Waals surface area contributed by atoms with Crippen molar-refractivity contribution < 1.29 is 8.85 Å². The molecule has 8 atom stereocenters. The van der Waals surface area contributed by atoms with Crippen LogP contribution in [0.2, 0.25) is 0 Å². The highest BCUT2D eigenvalue weighted by atomic mass is 28.4. The van der Waals surface area contributed by atoms with Crippen molar-refractivity contribution in [3.63, 3.8) is 0 Å². The minimum atomic E-state index is -2.51. The highest BCUT2D eigenvalue weighted by Crippen LogP contribution is 2.50. The third-order valence-corrected chi connectivity index (χ3v) is 15.1. The van der Waals surface area contributed by atoms with E-state index in [0.29, 0.717) is 0 Å². The number of hydrogen-bond donors (Lipinski definition) is 0. The van der Waals surface area contributed by atoms with Crippen molar-refractivity contribution >= 4 is 8.88 Å². The molecule has 6 aliphatic rings. The first-order valence-corrected chi connectivity index (χ1v) is 16.5. The van der Waals surface area contributed by atoms with Gasteiger partial charge in [-0.25, -0.2) is 0 Å². The fourth-order valence-corrected chi connectivity index (χ4v) is 13.3. The third kappa shape index (κ3) is 4.30. The van der Waals surface area contributed by atoms with Gasteiger partial charge in [0.2, 0.25) is 0 Å². The zero-order valence-electron chi connectivity index (χ0n) is 21.6. The van der Waals surface area contributed by atoms with Crippen LogP contribution in [-0.4, -0.2) is 58.4 Å². The number of piperidine rings is 2. The third-order valence-electron chi connectivity index (χ3n) is 11.7. The van der Waals surface area contributed by atoms with E-state index in [1.807, 2.05) is 14.2 Å². The van der Waals surface area contributed by atoms with Crippen LogP contribution in [0, 0.1) is 47.3 Å². The van der Waals surface area contributed by atoms with Crippen molar-refractivity contribution in [2.24, 2.45) is 47.3 Å². The van der Waals surface area contributed by atoms with Crippen LogP contribution in [0.25, 0.3) is 0 Å². The van der Waals surface area contributed by atoms with Gasteiger partial charge in [0.05, 0.1) is 0 Å². The largest absolute Gasteiger partial charge is 0.522 e. The molecular formula is C28H50N2O2Si. The summed E-state index contributed by atoms with van der Waals surface area (Å²) >= 11 is 0. The second kappa shape index (κ2) is 9.84. The lowest BCUT2D eigenvalue weighted by Crippen LogP contribution is -2.73. The second-order valence-electron chi connectivity index (χ2n) is 13.0. The van der Waals surface area contributed by atoms with E-state index in [1.165, 1.54) is 116 Å². The maximum atomic E-state index is 6.51. The Kier molecular flexibility index (Phi) is 6.99. The van der Waals surface area contributed by atoms with Crippen LogP contribution in [0.3, 0.4) is 0 Å². The average molecular weight is 475 g/mol. The van der Waals surface area contributed by atoms with E-state index >= 15 is 0 Å². The first-order chi connectivity index (χ1) is 16.2. The van der Waals surface area contributed by atoms with Gasteiger partial charge in [-0.05, 0) is 99.0 Å². The van der Waals surface area contributed by atoms with Gasteiger partial charge in [-0.2, -0.15) is 0 Å². The Morgan fingerprint density at radius 2 is 0.818 bits per heavy atom. The Morgan fingerprint density at radius 3 is 1.18 bits per heavy atom. The fourth-order valence-electron chi connectivity index (χ4n) is 9.99. The molecule has 4 nitrogen and oxygen atoms in total. The molecule has 0 radical (unpaired) electrons. The molecular weight excluding hydrogens is 424 g/mol. The molecule has 6 fully saturated rings. The van der Waals surface area contributed by atoms with Crippen LogP contribution in [0.5, 0.6) is 0 Å². The quantitative estimate of drug-likeness (QED) is 0.481. The number of hydrogen-bond acceptors (Lipinski definition) is 4. The Hall–Kier alpha value is 0.0569. The zero-order valence-corrected chi connectivity index (χ0v) is 22.6. The van der Waals surface area contributed by atoms with E-state index in [1.54, 1.807) is 0 Å². The van der Waals surface area contributed by atoms with Crippen LogP contribution < -0.4 is 0 Å². The number of nitrogens with zero attached hydrogens (tertiary/aromatic N) is 2. The predicted octanol–water partition coefficient (Wildman–Crippen LogP) is 5.79. The van der Waals surface area contributed by atoms with Crippen molar-refractivity contribution in [2.75, 3.05) is 40.4 Å². The first-order valence-electron chi connectivity index (χ1n) is 14.8. The van der Waals surface area contributed by atoms with E-state index in [0.717, 1.165) is 47.3 Å². The molecule has 0 amide bonds. The Balaban J connectivity index is 1.15. The molecule has 2 heterocycles. The summed E-state index contributed by atoms with van der Waals surface area (Å²) in [6, 6.07) is 0. The van der Waals surface area contributed by atoms with Gasteiger partial charge < -0.3 is 8.85 Å². The summed E-state index contributed by atoms with van der Waals surface area (Å²) in [5, 5.41) is 0. The lowest BCUT2D eigenvalue weighted by atomic mass is 9.62. The smallest absolute Gasteiger partial charge is 0.374 e. The summed E-state index contributed by atoms with van der Waals surface area (Å²) in [4.78, 5) is 0. The van der Waals surface area contributed by atoms with Gasteiger partial charge in [-0.15, -0.1) is 0 Å². The maximum absolute atomic E-state index is 6.51. The number of rotatable bonds is 4. The molecule has 188 valence electrons. The Morgan fingerprint density at radius 1 is 0.485 bits per heavy atom. The Labute approximate surface area is 204 Å². The molecule has 33 heavy (non-hydrogen) atoms. The monoisotopic (exact) mass is 474 g/mol. The topological polar surface area (TPSA) is 24.9 Å². The van der Waals surface area contributed by atoms with Gasteiger partial charge in [-0.1, -0.05) is 51.4 Å². The molecule has 4 aliphatic carbocycles. The van der Waals surface area contributed by atoms with E-state index < -0.39 is 8.88 Å². The highest BCUT2D eigenvalue weighted by molar-refractivity contribution is 6.61. The standard InChI is InChI=1S/C28H50N2O2Si/c1-31-33(32-2,29-13-11-25-15-21-7-3-5-9-23(21)17-27(25)19-29)30-14-12-26-16-22-8-4-6-10-24(22)18-28(26)20-30/h21-28H,3-20H2,1-2H3. The van der Waals surface area contributed by atoms with Crippen LogP contribution in [0.1, 0.15) is 89.9 Å². The highest BCUT2D eigenvalue weighted by Gasteiger charge is 2.56. The van der Waals surface area contributed by atoms with Gasteiger partial charge in [0.1, 0.15) is 0 Å². The lowest BCUT2D eigenvalue weighted by Gasteiger charge is -2.55. The van der Waals surface area contributed by atoms with Gasteiger partial charge in [0, 0.05) is 27.3 Å². The first kappa shape index (κ1) is 23.5. The van der Waals surface area contributed by atoms with Gasteiger partial charge >= 0.3 is 8.88 Å². The normalized spacial score (nSPS) is 44.9. The van der Waals surface area contributed by atoms with E-state index in [9.17, 15) is 0 Å². The SMILES string of the molecule is CO[Si](OC)(N1CCC2CC3CCCCC3CC2C1)N1CCC2CC3CCCCC3CC2C1. The van der Waals surface area contributed by atoms with Gasteiger partial charge in [0.15, 0.2) is 0 Å². The molecule has 0 N–H and O–H groups in total. The van der Waals surface area contributed by atoms with Crippen molar-refractivity contribution in [1.29, 1.82) is 0 Å². The molecule has 0 aromatic rings. The van der Waals surface area contributed by atoms with Crippen molar-refractivity contribution in [2.45, 2.75) is 89.9 Å². The molecule has 8 unspecified atom stereocenters. The summed E-state index contributed by atoms with van der Waals surface area (Å²) in [6.07, 6.45) is 20.7. The molecule has 0 spiro atoms. The van der Waals surface area contributed by atoms with E-state index in [4.69, 9.17) is 8.85 Å². The van der Waals surface area contributed by atoms with Crippen LogP contribution in [-0.2, 0) is 8.85 Å². The summed E-state index contributed by atoms with van der Waals surface area (Å²) in [5.74, 6) is 7.82. The predicted molar refractivity (Wildman–Crippen MR) is 135 cm³/mol. The van der Waals surface area contributed by atoms with Crippen molar-refractivity contribution in [3.8, 4) is 0 Å². The molecule has 4 saturated carbocycles. The summed E-state index contributed by atoms with van der Waals surface area (Å²) in [7, 11) is 1.41. The molecule has 0 aromatic carbocycles. The van der Waals surface area contributed by atoms with Crippen molar-refractivity contribution in [1.82, 2.24) is 9.13 Å². The van der Waals surface area contributed by atoms with Crippen LogP contribution >= 0.6 is 0 Å². The molecule has 0 bridgehead atoms. The van der Waals surface area contributed by atoms with Gasteiger partial charge in [0.25, 0.3) is 0 Å². The van der Waals surface area contributed by atoms with E-state index in [-0.39, 0.29) is 0 Å². The molecule has 6 rings (SSSR count). The lowest BCUT2D eigenvalue weighted by molar-refractivity contribution is -0.0147. The average Bonchev–Trinajstić information content (AvgIpc) is 2.87. The zero-order chi connectivity index (χ0) is 22.4. The fraction of sp³-hybridized carbons (Fsp3) is 1.00. The molecule has 2 saturated heterocycles. The summed E-state index contributed by atoms with van der Waals surface area (Å²) in [5.41, 5.74) is 0. The minimum Gasteiger partial charge on any atom is -0.374 e. The van der Waals surface area contributed by atoms with E-state index in [2.05, 4.69) is 9.13 Å². The molecule has 2 aliphatic heterocycles. The number of fused-ring (bicyclic) bond motifs is 4. The maximum Gasteiger partial charge on any atom is 0.522 e. The molecule has 5 heteroatoms. The minimum absolute atomic E-state index is 0.880.